The van der Waals surface area contributed by atoms with E-state index in [0.29, 0.717) is 0 Å². The topological polar surface area (TPSA) is 41.6 Å². The number of likely N-dealkylation sites (N-methyl/N-ethyl adjacent to an activating group) is 1. The van der Waals surface area contributed by atoms with Crippen molar-refractivity contribution in [1.29, 1.82) is 0 Å². The lowest BCUT2D eigenvalue weighted by Gasteiger charge is -2.22. The second-order valence-electron chi connectivity index (χ2n) is 5.72. The van der Waals surface area contributed by atoms with E-state index < -0.39 is 0 Å². The Hall–Kier alpha value is -1.39. The second-order valence-corrected chi connectivity index (χ2v) is 5.72. The number of rotatable bonds is 9. The van der Waals surface area contributed by atoms with Crippen molar-refractivity contribution >= 4 is 5.97 Å². The predicted molar refractivity (Wildman–Crippen MR) is 86.3 cm³/mol. The summed E-state index contributed by atoms with van der Waals surface area (Å²) in [7, 11) is 3.53. The molecule has 0 amide bonds. The maximum Gasteiger partial charge on any atom is 0.322 e. The SMILES string of the molecule is COC(=O)C(CCN(C)CCc1ccccc1)NC(C)C. The number of esters is 1. The smallest absolute Gasteiger partial charge is 0.322 e. The van der Waals surface area contributed by atoms with E-state index in [1.165, 1.54) is 12.7 Å². The zero-order chi connectivity index (χ0) is 15.7. The van der Waals surface area contributed by atoms with E-state index in [9.17, 15) is 4.79 Å². The predicted octanol–water partition coefficient (Wildman–Crippen LogP) is 2.09. The summed E-state index contributed by atoms with van der Waals surface area (Å²) in [4.78, 5) is 14.0. The van der Waals surface area contributed by atoms with E-state index in [2.05, 4.69) is 41.5 Å². The Morgan fingerprint density at radius 1 is 1.24 bits per heavy atom. The Morgan fingerprint density at radius 3 is 2.48 bits per heavy atom. The number of methoxy groups -OCH3 is 1. The summed E-state index contributed by atoms with van der Waals surface area (Å²) in [5, 5.41) is 3.26. The highest BCUT2D eigenvalue weighted by Crippen LogP contribution is 2.03. The van der Waals surface area contributed by atoms with Gasteiger partial charge >= 0.3 is 5.97 Å². The standard InChI is InChI=1S/C17H28N2O2/c1-14(2)18-16(17(20)21-4)11-13-19(3)12-10-15-8-6-5-7-9-15/h5-9,14,16,18H,10-13H2,1-4H3. The molecule has 1 N–H and O–H groups in total. The number of ether oxygens (including phenoxy) is 1. The average Bonchev–Trinajstić information content (AvgIpc) is 2.49. The van der Waals surface area contributed by atoms with Gasteiger partial charge in [-0.2, -0.15) is 0 Å². The number of carbonyl (C=O) groups excluding carboxylic acids is 1. The molecule has 0 saturated heterocycles. The number of carbonyl (C=O) groups is 1. The van der Waals surface area contributed by atoms with Crippen LogP contribution in [0.15, 0.2) is 30.3 Å². The van der Waals surface area contributed by atoms with Crippen LogP contribution in [0.25, 0.3) is 0 Å². The summed E-state index contributed by atoms with van der Waals surface area (Å²) >= 11 is 0. The second kappa shape index (κ2) is 9.53. The van der Waals surface area contributed by atoms with Gasteiger partial charge in [0.2, 0.25) is 0 Å². The van der Waals surface area contributed by atoms with Crippen LogP contribution in [0.2, 0.25) is 0 Å². The number of hydrogen-bond donors (Lipinski definition) is 1. The van der Waals surface area contributed by atoms with Crippen molar-refractivity contribution < 1.29 is 9.53 Å². The maximum atomic E-state index is 11.7. The Kier molecular flexibility index (Phi) is 8.01. The Balaban J connectivity index is 2.35. The summed E-state index contributed by atoms with van der Waals surface area (Å²) in [6.45, 7) is 5.93. The van der Waals surface area contributed by atoms with Crippen molar-refractivity contribution in [2.24, 2.45) is 0 Å². The summed E-state index contributed by atoms with van der Waals surface area (Å²) < 4.78 is 4.85. The number of hydrogen-bond acceptors (Lipinski definition) is 4. The molecule has 0 aliphatic heterocycles. The summed E-state index contributed by atoms with van der Waals surface area (Å²) in [5.41, 5.74) is 1.34. The van der Waals surface area contributed by atoms with Gasteiger partial charge in [-0.25, -0.2) is 0 Å². The molecule has 0 aliphatic rings. The molecule has 1 aromatic carbocycles. The molecule has 0 heterocycles. The van der Waals surface area contributed by atoms with Gasteiger partial charge < -0.3 is 15.0 Å². The zero-order valence-corrected chi connectivity index (χ0v) is 13.6. The van der Waals surface area contributed by atoms with Crippen molar-refractivity contribution in [2.45, 2.75) is 38.8 Å². The number of nitrogens with zero attached hydrogens (tertiary/aromatic N) is 1. The number of nitrogens with one attached hydrogen (secondary N) is 1. The Labute approximate surface area is 128 Å². The maximum absolute atomic E-state index is 11.7. The van der Waals surface area contributed by atoms with E-state index in [0.717, 1.165) is 25.9 Å². The highest BCUT2D eigenvalue weighted by Gasteiger charge is 2.19. The van der Waals surface area contributed by atoms with Crippen molar-refractivity contribution in [3.63, 3.8) is 0 Å². The molecule has 0 saturated carbocycles. The van der Waals surface area contributed by atoms with Crippen LogP contribution in [0.3, 0.4) is 0 Å². The van der Waals surface area contributed by atoms with Gasteiger partial charge in [-0.1, -0.05) is 44.2 Å². The van der Waals surface area contributed by atoms with Crippen LogP contribution in [-0.2, 0) is 16.0 Å². The quantitative estimate of drug-likeness (QED) is 0.708. The van der Waals surface area contributed by atoms with Crippen LogP contribution in [0.1, 0.15) is 25.8 Å². The fourth-order valence-corrected chi connectivity index (χ4v) is 2.24. The Bertz CT molecular complexity index is 407. The van der Waals surface area contributed by atoms with Gasteiger partial charge in [0, 0.05) is 12.6 Å². The van der Waals surface area contributed by atoms with Crippen molar-refractivity contribution in [3.05, 3.63) is 35.9 Å². The van der Waals surface area contributed by atoms with E-state index in [1.807, 2.05) is 19.9 Å². The minimum Gasteiger partial charge on any atom is -0.468 e. The van der Waals surface area contributed by atoms with E-state index in [1.54, 1.807) is 0 Å². The molecule has 0 bridgehead atoms. The first-order chi connectivity index (χ1) is 10.0. The van der Waals surface area contributed by atoms with Gasteiger partial charge in [0.1, 0.15) is 6.04 Å². The van der Waals surface area contributed by atoms with Gasteiger partial charge in [-0.05, 0) is 32.0 Å². The molecule has 118 valence electrons. The summed E-state index contributed by atoms with van der Waals surface area (Å²) in [6.07, 6.45) is 1.79. The van der Waals surface area contributed by atoms with E-state index >= 15 is 0 Å². The average molecular weight is 292 g/mol. The lowest BCUT2D eigenvalue weighted by Crippen LogP contribution is -2.43. The molecule has 0 aliphatic carbocycles. The van der Waals surface area contributed by atoms with Crippen molar-refractivity contribution in [1.82, 2.24) is 10.2 Å². The summed E-state index contributed by atoms with van der Waals surface area (Å²) in [6, 6.07) is 10.5. The monoisotopic (exact) mass is 292 g/mol. The molecular weight excluding hydrogens is 264 g/mol. The largest absolute Gasteiger partial charge is 0.468 e. The van der Waals surface area contributed by atoms with Crippen LogP contribution in [0.4, 0.5) is 0 Å². The molecule has 1 atom stereocenters. The van der Waals surface area contributed by atoms with Gasteiger partial charge in [0.05, 0.1) is 7.11 Å². The first-order valence-electron chi connectivity index (χ1n) is 7.59. The van der Waals surface area contributed by atoms with Crippen LogP contribution < -0.4 is 5.32 Å². The molecule has 1 unspecified atom stereocenters. The van der Waals surface area contributed by atoms with Crippen molar-refractivity contribution in [3.8, 4) is 0 Å². The minimum atomic E-state index is -0.228. The molecule has 1 rings (SSSR count). The fraction of sp³-hybridized carbons (Fsp3) is 0.588. The minimum absolute atomic E-state index is 0.180. The lowest BCUT2D eigenvalue weighted by atomic mass is 10.1. The first-order valence-corrected chi connectivity index (χ1v) is 7.59. The Morgan fingerprint density at radius 2 is 1.90 bits per heavy atom. The van der Waals surface area contributed by atoms with E-state index in [4.69, 9.17) is 4.74 Å². The highest BCUT2D eigenvalue weighted by atomic mass is 16.5. The van der Waals surface area contributed by atoms with Crippen LogP contribution in [-0.4, -0.2) is 50.2 Å². The lowest BCUT2D eigenvalue weighted by molar-refractivity contribution is -0.143. The molecule has 0 aromatic heterocycles. The fourth-order valence-electron chi connectivity index (χ4n) is 2.24. The molecule has 4 heteroatoms. The van der Waals surface area contributed by atoms with Gasteiger partial charge in [0.15, 0.2) is 0 Å². The van der Waals surface area contributed by atoms with Crippen molar-refractivity contribution in [2.75, 3.05) is 27.2 Å². The molecule has 0 radical (unpaired) electrons. The van der Waals surface area contributed by atoms with E-state index in [-0.39, 0.29) is 18.1 Å². The summed E-state index contributed by atoms with van der Waals surface area (Å²) in [5.74, 6) is -0.180. The third-order valence-corrected chi connectivity index (χ3v) is 3.44. The van der Waals surface area contributed by atoms with Crippen LogP contribution in [0.5, 0.6) is 0 Å². The zero-order valence-electron chi connectivity index (χ0n) is 13.6. The molecule has 0 fully saturated rings. The molecule has 21 heavy (non-hydrogen) atoms. The third-order valence-electron chi connectivity index (χ3n) is 3.44. The van der Waals surface area contributed by atoms with Gasteiger partial charge in [0.25, 0.3) is 0 Å². The van der Waals surface area contributed by atoms with Crippen LogP contribution in [0, 0.1) is 0 Å². The van der Waals surface area contributed by atoms with Crippen LogP contribution >= 0.6 is 0 Å². The molecule has 0 spiro atoms. The highest BCUT2D eigenvalue weighted by molar-refractivity contribution is 5.75. The van der Waals surface area contributed by atoms with Gasteiger partial charge in [-0.15, -0.1) is 0 Å². The molecule has 1 aromatic rings. The molecule has 4 nitrogen and oxygen atoms in total. The number of benzene rings is 1. The third kappa shape index (κ3) is 7.25. The molecular formula is C17H28N2O2. The van der Waals surface area contributed by atoms with Gasteiger partial charge in [-0.3, -0.25) is 4.79 Å². The normalized spacial score (nSPS) is 12.7. The first kappa shape index (κ1) is 17.7.